The molecule has 9 N–H and O–H groups in total. The van der Waals surface area contributed by atoms with Crippen molar-refractivity contribution < 1.29 is 110 Å². The number of nitrogens with one attached hydrogen (secondary N) is 5. The number of carbonyl (C=O) groups is 9. The number of methoxy groups -OCH3 is 1. The molecule has 1 aromatic rings. The molecule has 10 bridgehead atoms. The van der Waals surface area contributed by atoms with E-state index in [1.165, 1.54) is 0 Å². The van der Waals surface area contributed by atoms with Gasteiger partial charge >= 0.3 is 18.1 Å². The number of nitrogens with zero attached hydrogens (tertiary/aromatic N) is 1. The van der Waals surface area contributed by atoms with Gasteiger partial charge in [0.25, 0.3) is 11.8 Å². The van der Waals surface area contributed by atoms with Crippen molar-refractivity contribution in [3.8, 4) is 0 Å². The molecular weight excluding hydrogens is 1320 g/mol. The molecule has 8 amide bonds. The largest absolute Gasteiger partial charge is 0.445 e. The summed E-state index contributed by atoms with van der Waals surface area (Å²) >= 11 is 0. The van der Waals surface area contributed by atoms with Gasteiger partial charge in [-0.25, -0.2) is 14.4 Å². The van der Waals surface area contributed by atoms with Gasteiger partial charge in [0.15, 0.2) is 5.79 Å². The summed E-state index contributed by atoms with van der Waals surface area (Å²) in [6.45, 7) is 14.3. The first-order valence-corrected chi connectivity index (χ1v) is 36.0. The minimum atomic E-state index is -1.13. The van der Waals surface area contributed by atoms with E-state index in [1.807, 2.05) is 0 Å². The number of Topliss-reactive ketones (excluding diaryl/α,β-unsaturated/α-hetero) is 1. The molecule has 4 unspecified atom stereocenters. The van der Waals surface area contributed by atoms with E-state index >= 15 is 0 Å². The molecule has 0 aromatic heterocycles. The second-order valence-electron chi connectivity index (χ2n) is 28.7. The number of primary amides is 1. The number of anilines is 1. The number of hydroxylamine groups is 2. The molecular formula is C71H103N7O23. The maximum atomic E-state index is 14.5. The van der Waals surface area contributed by atoms with E-state index in [0.717, 1.165) is 30.4 Å². The first-order valence-electron chi connectivity index (χ1n) is 36.0. The SMILES string of the molecule is C=C1CC2CC[C@]34C[C@@H](O)[C@H](O3)[C@H]3C[C@@H](O4)[C@H]4O[C@H](CC[C@@H]4O3)CC(=O)CC3C(C[C@H]4O[C@@H](CC[C@@H]1O2)C[C@@H](C)C4=C)O[C@H](C[C@H](O)CNC(=O)OCc1ccc(NC(=O)C(CCCNC(N)=O)NC(=O)[C@@H](NC(=O)CCOCCOCCC(=O)ON2C(=O)CCC2=O)C(C)C)cc1)[C@@H]3OC. The lowest BCUT2D eigenvalue weighted by Crippen LogP contribution is -2.58. The molecule has 560 valence electrons. The first-order chi connectivity index (χ1) is 48.4. The van der Waals surface area contributed by atoms with Gasteiger partial charge in [-0.05, 0) is 98.5 Å². The Morgan fingerprint density at radius 1 is 0.752 bits per heavy atom. The van der Waals surface area contributed by atoms with Gasteiger partial charge < -0.3 is 99.5 Å². The Balaban J connectivity index is 0.692. The summed E-state index contributed by atoms with van der Waals surface area (Å²) in [5.41, 5.74) is 8.13. The molecule has 9 saturated heterocycles. The average molecular weight is 1420 g/mol. The van der Waals surface area contributed by atoms with Crippen molar-refractivity contribution in [3.05, 3.63) is 54.1 Å². The van der Waals surface area contributed by atoms with Crippen LogP contribution in [0.2, 0.25) is 0 Å². The van der Waals surface area contributed by atoms with Crippen LogP contribution in [0.3, 0.4) is 0 Å². The fourth-order valence-electron chi connectivity index (χ4n) is 15.4. The fraction of sp³-hybridized carbons (Fsp3) is 0.732. The van der Waals surface area contributed by atoms with E-state index < -0.39 is 126 Å². The average Bonchev–Trinajstić information content (AvgIpc) is 1.62. The lowest BCUT2D eigenvalue weighted by Gasteiger charge is -2.47. The van der Waals surface area contributed by atoms with Crippen molar-refractivity contribution >= 4 is 59.1 Å². The monoisotopic (exact) mass is 1420 g/mol. The number of imide groups is 1. The van der Waals surface area contributed by atoms with Crippen molar-refractivity contribution in [2.45, 2.75) is 265 Å². The number of carbonyl (C=O) groups excluding carboxylic acids is 9. The van der Waals surface area contributed by atoms with Gasteiger partial charge in [-0.15, -0.1) is 5.06 Å². The Labute approximate surface area is 588 Å². The van der Waals surface area contributed by atoms with Crippen LogP contribution in [-0.4, -0.2) is 225 Å². The highest BCUT2D eigenvalue weighted by Crippen LogP contribution is 2.49. The number of ketones is 1. The molecule has 9 fully saturated rings. The van der Waals surface area contributed by atoms with Crippen molar-refractivity contribution in [1.82, 2.24) is 26.3 Å². The van der Waals surface area contributed by atoms with E-state index in [2.05, 4.69) is 46.7 Å². The number of hydrogen-bond acceptors (Lipinski definition) is 23. The van der Waals surface area contributed by atoms with Crippen LogP contribution < -0.4 is 32.3 Å². The van der Waals surface area contributed by atoms with E-state index in [4.69, 9.17) is 62.7 Å². The van der Waals surface area contributed by atoms with Crippen LogP contribution in [0.5, 0.6) is 0 Å². The van der Waals surface area contributed by atoms with Crippen molar-refractivity contribution in [3.63, 3.8) is 0 Å². The Kier molecular flexibility index (Phi) is 27.3. The first kappa shape index (κ1) is 77.1. The molecule has 20 atom stereocenters. The summed E-state index contributed by atoms with van der Waals surface area (Å²) in [5.74, 6) is -5.48. The number of ether oxygens (including phenoxy) is 11. The lowest BCUT2D eigenvalue weighted by molar-refractivity contribution is -0.277. The summed E-state index contributed by atoms with van der Waals surface area (Å²) in [6.07, 6.45) is -0.717. The topological polar surface area (TPSA) is 394 Å². The lowest BCUT2D eigenvalue weighted by atomic mass is 9.81. The summed E-state index contributed by atoms with van der Waals surface area (Å²) in [7, 11) is 1.57. The van der Waals surface area contributed by atoms with E-state index in [-0.39, 0.29) is 158 Å². The normalized spacial score (nSPS) is 32.7. The summed E-state index contributed by atoms with van der Waals surface area (Å²) < 4.78 is 70.0. The smallest absolute Gasteiger partial charge is 0.407 e. The number of urea groups is 1. The molecule has 30 heteroatoms. The van der Waals surface area contributed by atoms with Gasteiger partial charge in [0.05, 0.1) is 112 Å². The zero-order chi connectivity index (χ0) is 72.1. The van der Waals surface area contributed by atoms with Crippen LogP contribution in [0.4, 0.5) is 15.3 Å². The van der Waals surface area contributed by atoms with Gasteiger partial charge in [0, 0.05) is 96.0 Å². The second-order valence-corrected chi connectivity index (χ2v) is 28.7. The third kappa shape index (κ3) is 20.9. The van der Waals surface area contributed by atoms with Crippen LogP contribution >= 0.6 is 0 Å². The molecule has 9 heterocycles. The molecule has 0 saturated carbocycles. The molecule has 1 spiro atoms. The highest BCUT2D eigenvalue weighted by Gasteiger charge is 2.60. The van der Waals surface area contributed by atoms with E-state index in [0.29, 0.717) is 67.7 Å². The number of nitrogens with two attached hydrogens (primary N) is 1. The Morgan fingerprint density at radius 3 is 2.21 bits per heavy atom. The maximum Gasteiger partial charge on any atom is 0.407 e. The number of aliphatic hydroxyl groups is 2. The second kappa shape index (κ2) is 35.8. The quantitative estimate of drug-likeness (QED) is 0.0352. The third-order valence-corrected chi connectivity index (χ3v) is 20.8. The Hall–Kier alpha value is -6.55. The van der Waals surface area contributed by atoms with Crippen LogP contribution in [0.1, 0.15) is 155 Å². The van der Waals surface area contributed by atoms with Crippen molar-refractivity contribution in [2.24, 2.45) is 23.5 Å². The zero-order valence-corrected chi connectivity index (χ0v) is 58.4. The fourth-order valence-corrected chi connectivity index (χ4v) is 15.4. The van der Waals surface area contributed by atoms with Gasteiger partial charge in [0.2, 0.25) is 17.7 Å². The van der Waals surface area contributed by atoms with Gasteiger partial charge in [-0.2, -0.15) is 0 Å². The molecule has 0 radical (unpaired) electrons. The van der Waals surface area contributed by atoms with Gasteiger partial charge in [0.1, 0.15) is 36.7 Å². The Bertz CT molecular complexity index is 3090. The molecule has 30 nitrogen and oxygen atoms in total. The number of alkyl carbamates (subject to hydrolysis) is 1. The molecule has 0 aliphatic carbocycles. The van der Waals surface area contributed by atoms with Crippen LogP contribution in [-0.2, 0) is 97.1 Å². The van der Waals surface area contributed by atoms with E-state index in [1.54, 1.807) is 45.2 Å². The number of amides is 8. The molecule has 1 aromatic carbocycles. The van der Waals surface area contributed by atoms with Crippen LogP contribution in [0.15, 0.2) is 48.6 Å². The molecule has 101 heavy (non-hydrogen) atoms. The highest BCUT2D eigenvalue weighted by atomic mass is 16.7. The maximum absolute atomic E-state index is 14.5. The van der Waals surface area contributed by atoms with Crippen molar-refractivity contribution in [1.29, 1.82) is 0 Å². The van der Waals surface area contributed by atoms with Crippen LogP contribution in [0, 0.1) is 17.8 Å². The number of benzene rings is 1. The predicted molar refractivity (Wildman–Crippen MR) is 356 cm³/mol. The zero-order valence-electron chi connectivity index (χ0n) is 58.4. The molecule has 9 aliphatic heterocycles. The molecule has 9 aliphatic rings. The van der Waals surface area contributed by atoms with E-state index in [9.17, 15) is 53.4 Å². The molecule has 10 rings (SSSR count). The third-order valence-electron chi connectivity index (χ3n) is 20.8. The number of hydrogen-bond donors (Lipinski definition) is 8. The number of rotatable bonds is 27. The highest BCUT2D eigenvalue weighted by molar-refractivity contribution is 6.01. The minimum absolute atomic E-state index is 0.0209. The minimum Gasteiger partial charge on any atom is -0.445 e. The van der Waals surface area contributed by atoms with Gasteiger partial charge in [-0.3, -0.25) is 28.8 Å². The summed E-state index contributed by atoms with van der Waals surface area (Å²) in [4.78, 5) is 120. The standard InChI is InChI=1S/C71H103N7O23/c1-38(2)63(77-59(82)20-24-91-26-27-92-25-21-62(85)101-78-60(83)17-18-61(78)84)68(87)76-50(8-7-23-73-69(72)88)67(86)75-43-11-9-42(10-12-43)37-93-70(89)74-36-45(80)32-56-64(90-6)49-31-44(79)30-47-14-16-53-66(96-47)58-34-57(97-53)65-51(81)35-71(99-58,100-65)22-19-48-29-40(4)52(94-48)15-13-46-28-39(3)41(5)54(95-46)33-55(49)98-56/h9-12,38-39,45-58,63-66,80-81H,4-5,7-8,13-37H2,1-3,6H3,(H,74,89)(H,75,86)(H,76,87)(H,77,82)(H3,72,73,88)/t39-,45+,46+,47-,48?,49?,50?,51-,52+,53+,54-,55?,56-,57-,58-,63+,64-,65+,66+,71-/m1/s1. The Morgan fingerprint density at radius 2 is 1.48 bits per heavy atom. The van der Waals surface area contributed by atoms with Crippen molar-refractivity contribution in [2.75, 3.05) is 51.9 Å². The van der Waals surface area contributed by atoms with Crippen LogP contribution in [0.25, 0.3) is 0 Å². The van der Waals surface area contributed by atoms with Gasteiger partial charge in [-0.1, -0.05) is 46.1 Å². The summed E-state index contributed by atoms with van der Waals surface area (Å²) in [6, 6.07) is 3.48. The number of aliphatic hydroxyl groups excluding tert-OH is 2. The number of fused-ring (bicyclic) bond motifs is 9. The summed E-state index contributed by atoms with van der Waals surface area (Å²) in [5, 5.41) is 36.6. The predicted octanol–water partition coefficient (Wildman–Crippen LogP) is 3.82.